The zero-order valence-electron chi connectivity index (χ0n) is 16.2. The van der Waals surface area contributed by atoms with Crippen LogP contribution in [0.1, 0.15) is 25.3 Å². The van der Waals surface area contributed by atoms with Gasteiger partial charge >= 0.3 is 0 Å². The smallest absolute Gasteiger partial charge is 0.194 e. The first-order chi connectivity index (χ1) is 12.8. The van der Waals surface area contributed by atoms with Gasteiger partial charge in [-0.2, -0.15) is 0 Å². The molecule has 1 spiro atoms. The molecule has 2 saturated heterocycles. The largest absolute Gasteiger partial charge is 0.381 e. The van der Waals surface area contributed by atoms with Crippen LogP contribution < -0.4 is 10.2 Å². The Morgan fingerprint density at radius 1 is 1.19 bits per heavy atom. The maximum atomic E-state index is 5.66. The van der Waals surface area contributed by atoms with Gasteiger partial charge in [0.2, 0.25) is 0 Å². The molecule has 0 saturated carbocycles. The number of ether oxygens (including phenoxy) is 1. The summed E-state index contributed by atoms with van der Waals surface area (Å²) in [6.45, 7) is 9.77. The van der Waals surface area contributed by atoms with E-state index in [0.29, 0.717) is 5.41 Å². The summed E-state index contributed by atoms with van der Waals surface area (Å²) in [5.74, 6) is 1.05. The molecule has 6 heteroatoms. The minimum atomic E-state index is 0. The SMILES string of the molecule is CCNC(=NCc1ccc(N2CC=CC2)cc1)N1CCC2(CCOC2)C1.I. The monoisotopic (exact) mass is 482 g/mol. The van der Waals surface area contributed by atoms with Gasteiger partial charge in [-0.25, -0.2) is 4.99 Å². The van der Waals surface area contributed by atoms with Crippen molar-refractivity contribution in [3.8, 4) is 0 Å². The number of benzene rings is 1. The van der Waals surface area contributed by atoms with Gasteiger partial charge in [-0.3, -0.25) is 0 Å². The summed E-state index contributed by atoms with van der Waals surface area (Å²) in [5, 5.41) is 3.48. The molecule has 3 heterocycles. The fourth-order valence-electron chi connectivity index (χ4n) is 4.18. The zero-order chi connectivity index (χ0) is 17.8. The predicted molar refractivity (Wildman–Crippen MR) is 122 cm³/mol. The van der Waals surface area contributed by atoms with Crippen LogP contribution in [0.2, 0.25) is 0 Å². The number of likely N-dealkylation sites (tertiary alicyclic amines) is 1. The fraction of sp³-hybridized carbons (Fsp3) is 0.571. The zero-order valence-corrected chi connectivity index (χ0v) is 18.5. The number of halogens is 1. The standard InChI is InChI=1S/C21H30N4O.HI/c1-2-22-20(25-13-9-21(16-25)10-14-26-17-21)23-15-18-5-7-19(8-6-18)24-11-3-4-12-24;/h3-8H,2,9-17H2,1H3,(H,22,23);1H. The van der Waals surface area contributed by atoms with E-state index in [1.807, 2.05) is 0 Å². The van der Waals surface area contributed by atoms with Crippen molar-refractivity contribution < 1.29 is 4.74 Å². The second-order valence-electron chi connectivity index (χ2n) is 7.69. The quantitative estimate of drug-likeness (QED) is 0.310. The Bertz CT molecular complexity index is 659. The number of hydrogen-bond donors (Lipinski definition) is 1. The van der Waals surface area contributed by atoms with Gasteiger partial charge in [0.15, 0.2) is 5.96 Å². The molecule has 1 N–H and O–H groups in total. The normalized spacial score (nSPS) is 24.7. The van der Waals surface area contributed by atoms with Gasteiger partial charge < -0.3 is 19.9 Å². The Morgan fingerprint density at radius 2 is 1.96 bits per heavy atom. The predicted octanol–water partition coefficient (Wildman–Crippen LogP) is 3.26. The van der Waals surface area contributed by atoms with Gasteiger partial charge in [0.1, 0.15) is 0 Å². The number of nitrogens with one attached hydrogen (secondary N) is 1. The number of guanidine groups is 1. The van der Waals surface area contributed by atoms with Crippen molar-refractivity contribution in [3.63, 3.8) is 0 Å². The maximum absolute atomic E-state index is 5.66. The average Bonchev–Trinajstić information content (AvgIpc) is 3.43. The number of anilines is 1. The summed E-state index contributed by atoms with van der Waals surface area (Å²) in [6.07, 6.45) is 6.85. The molecule has 3 aliphatic heterocycles. The molecule has 0 aromatic heterocycles. The third-order valence-corrected chi connectivity index (χ3v) is 5.79. The first kappa shape index (κ1) is 20.5. The van der Waals surface area contributed by atoms with E-state index in [4.69, 9.17) is 9.73 Å². The van der Waals surface area contributed by atoms with Crippen molar-refractivity contribution in [1.82, 2.24) is 10.2 Å². The van der Waals surface area contributed by atoms with Gasteiger partial charge in [0.25, 0.3) is 0 Å². The van der Waals surface area contributed by atoms with Crippen LogP contribution in [-0.2, 0) is 11.3 Å². The van der Waals surface area contributed by atoms with Crippen molar-refractivity contribution in [2.45, 2.75) is 26.3 Å². The van der Waals surface area contributed by atoms with Crippen LogP contribution in [0.4, 0.5) is 5.69 Å². The van der Waals surface area contributed by atoms with Gasteiger partial charge in [-0.05, 0) is 37.5 Å². The molecule has 27 heavy (non-hydrogen) atoms. The van der Waals surface area contributed by atoms with E-state index in [1.165, 1.54) is 24.1 Å². The van der Waals surface area contributed by atoms with Crippen molar-refractivity contribution >= 4 is 35.6 Å². The third kappa shape index (κ3) is 4.77. The third-order valence-electron chi connectivity index (χ3n) is 5.79. The van der Waals surface area contributed by atoms with E-state index in [0.717, 1.165) is 58.4 Å². The molecule has 4 rings (SSSR count). The van der Waals surface area contributed by atoms with Crippen LogP contribution in [0.15, 0.2) is 41.4 Å². The Morgan fingerprint density at radius 3 is 2.63 bits per heavy atom. The van der Waals surface area contributed by atoms with Crippen LogP contribution in [0.3, 0.4) is 0 Å². The second-order valence-corrected chi connectivity index (χ2v) is 7.69. The summed E-state index contributed by atoms with van der Waals surface area (Å²) in [6, 6.07) is 8.84. The minimum Gasteiger partial charge on any atom is -0.381 e. The lowest BCUT2D eigenvalue weighted by Crippen LogP contribution is -2.41. The van der Waals surface area contributed by atoms with Crippen LogP contribution in [-0.4, -0.2) is 56.8 Å². The van der Waals surface area contributed by atoms with Crippen molar-refractivity contribution in [2.24, 2.45) is 10.4 Å². The molecule has 0 aliphatic carbocycles. The van der Waals surface area contributed by atoms with Crippen molar-refractivity contribution in [3.05, 3.63) is 42.0 Å². The molecule has 5 nitrogen and oxygen atoms in total. The van der Waals surface area contributed by atoms with Crippen LogP contribution in [0.25, 0.3) is 0 Å². The van der Waals surface area contributed by atoms with Gasteiger partial charge in [-0.1, -0.05) is 24.3 Å². The van der Waals surface area contributed by atoms with E-state index in [9.17, 15) is 0 Å². The minimum absolute atomic E-state index is 0. The summed E-state index contributed by atoms with van der Waals surface area (Å²) in [5.41, 5.74) is 2.91. The summed E-state index contributed by atoms with van der Waals surface area (Å²) >= 11 is 0. The van der Waals surface area contributed by atoms with Crippen molar-refractivity contribution in [1.29, 1.82) is 0 Å². The van der Waals surface area contributed by atoms with E-state index >= 15 is 0 Å². The summed E-state index contributed by atoms with van der Waals surface area (Å²) in [4.78, 5) is 9.70. The summed E-state index contributed by atoms with van der Waals surface area (Å²) < 4.78 is 5.66. The lowest BCUT2D eigenvalue weighted by atomic mass is 9.87. The first-order valence-corrected chi connectivity index (χ1v) is 9.88. The van der Waals surface area contributed by atoms with Gasteiger partial charge in [0.05, 0.1) is 13.2 Å². The molecule has 0 bridgehead atoms. The highest BCUT2D eigenvalue weighted by molar-refractivity contribution is 14.0. The summed E-state index contributed by atoms with van der Waals surface area (Å²) in [7, 11) is 0. The molecule has 0 amide bonds. The van der Waals surface area contributed by atoms with Gasteiger partial charge in [0, 0.05) is 50.4 Å². The molecular weight excluding hydrogens is 451 g/mol. The molecule has 1 aromatic carbocycles. The molecule has 1 atom stereocenters. The maximum Gasteiger partial charge on any atom is 0.194 e. The highest BCUT2D eigenvalue weighted by Crippen LogP contribution is 2.38. The fourth-order valence-corrected chi connectivity index (χ4v) is 4.18. The molecule has 1 unspecified atom stereocenters. The topological polar surface area (TPSA) is 40.1 Å². The van der Waals surface area contributed by atoms with Crippen LogP contribution >= 0.6 is 24.0 Å². The number of rotatable bonds is 4. The van der Waals surface area contributed by atoms with Crippen molar-refractivity contribution in [2.75, 3.05) is 50.8 Å². The van der Waals surface area contributed by atoms with E-state index in [2.05, 4.69) is 58.5 Å². The number of aliphatic imine (C=N–C) groups is 1. The molecule has 148 valence electrons. The number of nitrogens with zero attached hydrogens (tertiary/aromatic N) is 3. The highest BCUT2D eigenvalue weighted by atomic mass is 127. The lowest BCUT2D eigenvalue weighted by Gasteiger charge is -2.25. The Balaban J connectivity index is 0.00000210. The molecule has 3 aliphatic rings. The first-order valence-electron chi connectivity index (χ1n) is 9.88. The van der Waals surface area contributed by atoms with Gasteiger partial charge in [-0.15, -0.1) is 24.0 Å². The number of hydrogen-bond acceptors (Lipinski definition) is 3. The molecule has 1 aromatic rings. The highest BCUT2D eigenvalue weighted by Gasteiger charge is 2.42. The van der Waals surface area contributed by atoms with Crippen LogP contribution in [0.5, 0.6) is 0 Å². The molecule has 0 radical (unpaired) electrons. The van der Waals surface area contributed by atoms with Crippen LogP contribution in [0, 0.1) is 5.41 Å². The van der Waals surface area contributed by atoms with E-state index in [-0.39, 0.29) is 24.0 Å². The van der Waals surface area contributed by atoms with E-state index in [1.54, 1.807) is 0 Å². The molecular formula is C21H31IN4O. The van der Waals surface area contributed by atoms with E-state index < -0.39 is 0 Å². The average molecular weight is 482 g/mol. The Hall–Kier alpha value is -1.28. The lowest BCUT2D eigenvalue weighted by molar-refractivity contribution is 0.156. The molecule has 2 fully saturated rings. The Labute approximate surface area is 179 Å². The Kier molecular flexibility index (Phi) is 7.03. The second kappa shape index (κ2) is 9.28.